The van der Waals surface area contributed by atoms with E-state index in [4.69, 9.17) is 26.8 Å². The van der Waals surface area contributed by atoms with E-state index in [0.29, 0.717) is 28.3 Å². The Morgan fingerprint density at radius 3 is 2.58 bits per heavy atom. The summed E-state index contributed by atoms with van der Waals surface area (Å²) in [6, 6.07) is 14.2. The second-order valence-corrected chi connectivity index (χ2v) is 11.4. The smallest absolute Gasteiger partial charge is 0.266 e. The Morgan fingerprint density at radius 1 is 1.16 bits per heavy atom. The van der Waals surface area contributed by atoms with Gasteiger partial charge in [0.05, 0.1) is 36.4 Å². The van der Waals surface area contributed by atoms with Crippen molar-refractivity contribution in [3.05, 3.63) is 93.7 Å². The van der Waals surface area contributed by atoms with Crippen LogP contribution in [0.5, 0.6) is 11.5 Å². The molecule has 4 rings (SSSR count). The number of rotatable bonds is 10. The number of anilines is 2. The number of nitrogens with two attached hydrogens (primary N) is 1. The molecule has 0 fully saturated rings. The van der Waals surface area contributed by atoms with Crippen LogP contribution in [-0.4, -0.2) is 27.6 Å². The lowest BCUT2D eigenvalue weighted by atomic mass is 10.1. The standard InChI is InChI=1S/C26H26ClFN4O4S2/c1-16-12-22(31-25(29)19-6-4-5-7-21(19)28)20(27)14-24(16)38(33,34)32(26-30-10-11-37-26)15-17-8-9-18(35-2)13-23(17)36-3/h4-14,25,31H,15,29H2,1-3H3/t25-/m1/s1. The molecule has 0 aliphatic carbocycles. The molecule has 0 unspecified atom stereocenters. The zero-order valence-electron chi connectivity index (χ0n) is 20.8. The Morgan fingerprint density at radius 2 is 1.92 bits per heavy atom. The van der Waals surface area contributed by atoms with Crippen LogP contribution in [0.25, 0.3) is 0 Å². The maximum Gasteiger partial charge on any atom is 0.266 e. The largest absolute Gasteiger partial charge is 0.497 e. The number of halogens is 2. The van der Waals surface area contributed by atoms with Crippen molar-refractivity contribution >= 4 is 43.8 Å². The first-order chi connectivity index (χ1) is 18.1. The molecular weight excluding hydrogens is 551 g/mol. The number of nitrogens with zero attached hydrogens (tertiary/aromatic N) is 2. The number of hydrogen-bond acceptors (Lipinski definition) is 8. The predicted octanol–water partition coefficient (Wildman–Crippen LogP) is 5.73. The lowest BCUT2D eigenvalue weighted by Crippen LogP contribution is -2.31. The highest BCUT2D eigenvalue weighted by Gasteiger charge is 2.30. The number of aryl methyl sites for hydroxylation is 1. The molecule has 0 spiro atoms. The van der Waals surface area contributed by atoms with Gasteiger partial charge in [0, 0.05) is 28.8 Å². The van der Waals surface area contributed by atoms with Gasteiger partial charge in [-0.05, 0) is 42.8 Å². The van der Waals surface area contributed by atoms with Crippen molar-refractivity contribution in [2.45, 2.75) is 24.5 Å². The first-order valence-corrected chi connectivity index (χ1v) is 14.0. The third-order valence-electron chi connectivity index (χ3n) is 5.82. The van der Waals surface area contributed by atoms with E-state index in [2.05, 4.69) is 10.3 Å². The van der Waals surface area contributed by atoms with Gasteiger partial charge in [0.2, 0.25) is 0 Å². The molecule has 0 amide bonds. The maximum atomic E-state index is 14.2. The Hall–Kier alpha value is -3.38. The minimum atomic E-state index is -4.13. The van der Waals surface area contributed by atoms with Gasteiger partial charge in [-0.25, -0.2) is 22.1 Å². The SMILES string of the molecule is COc1ccc(CN(c2nccs2)S(=O)(=O)c2cc(Cl)c(N[C@@H](N)c3ccccc3F)cc2C)c(OC)c1. The molecule has 1 heterocycles. The summed E-state index contributed by atoms with van der Waals surface area (Å²) < 4.78 is 54.1. The van der Waals surface area contributed by atoms with Crippen molar-refractivity contribution in [3.63, 3.8) is 0 Å². The number of nitrogens with one attached hydrogen (secondary N) is 1. The average Bonchev–Trinajstić information content (AvgIpc) is 3.43. The number of hydrogen-bond donors (Lipinski definition) is 2. The molecule has 3 aromatic carbocycles. The molecule has 1 aromatic heterocycles. The van der Waals surface area contributed by atoms with E-state index in [1.165, 1.54) is 48.2 Å². The summed E-state index contributed by atoms with van der Waals surface area (Å²) in [6.07, 6.45) is 0.634. The number of benzene rings is 3. The molecule has 12 heteroatoms. The zero-order chi connectivity index (χ0) is 27.4. The van der Waals surface area contributed by atoms with Gasteiger partial charge in [0.1, 0.15) is 23.5 Å². The normalized spacial score (nSPS) is 12.2. The Balaban J connectivity index is 1.70. The van der Waals surface area contributed by atoms with Gasteiger partial charge in [-0.2, -0.15) is 0 Å². The highest BCUT2D eigenvalue weighted by Crippen LogP contribution is 2.36. The van der Waals surface area contributed by atoms with E-state index in [0.717, 1.165) is 0 Å². The van der Waals surface area contributed by atoms with Crippen LogP contribution in [0.4, 0.5) is 15.2 Å². The zero-order valence-corrected chi connectivity index (χ0v) is 23.2. The van der Waals surface area contributed by atoms with Crippen LogP contribution in [0.15, 0.2) is 71.1 Å². The third kappa shape index (κ3) is 5.70. The first-order valence-electron chi connectivity index (χ1n) is 11.4. The fourth-order valence-corrected chi connectivity index (χ4v) is 6.66. The van der Waals surface area contributed by atoms with Crippen molar-refractivity contribution in [2.75, 3.05) is 23.8 Å². The van der Waals surface area contributed by atoms with E-state index in [1.807, 2.05) is 0 Å². The quantitative estimate of drug-likeness (QED) is 0.232. The monoisotopic (exact) mass is 576 g/mol. The molecular formula is C26H26ClFN4O4S2. The molecule has 0 radical (unpaired) electrons. The van der Waals surface area contributed by atoms with E-state index < -0.39 is 22.0 Å². The van der Waals surface area contributed by atoms with Crippen molar-refractivity contribution in [2.24, 2.45) is 5.73 Å². The summed E-state index contributed by atoms with van der Waals surface area (Å²) in [5, 5.41) is 5.06. The van der Waals surface area contributed by atoms with Gasteiger partial charge in [0.25, 0.3) is 10.0 Å². The Labute approximate surface area is 229 Å². The minimum Gasteiger partial charge on any atom is -0.497 e. The van der Waals surface area contributed by atoms with E-state index in [1.54, 1.807) is 54.8 Å². The van der Waals surface area contributed by atoms with Crippen LogP contribution in [-0.2, 0) is 16.6 Å². The van der Waals surface area contributed by atoms with Gasteiger partial charge in [-0.1, -0.05) is 29.8 Å². The molecule has 3 N–H and O–H groups in total. The van der Waals surface area contributed by atoms with Crippen LogP contribution in [0.2, 0.25) is 5.02 Å². The molecule has 0 saturated carbocycles. The maximum absolute atomic E-state index is 14.2. The van der Waals surface area contributed by atoms with Crippen molar-refractivity contribution in [3.8, 4) is 11.5 Å². The predicted molar refractivity (Wildman–Crippen MR) is 148 cm³/mol. The lowest BCUT2D eigenvalue weighted by Gasteiger charge is -2.25. The van der Waals surface area contributed by atoms with Gasteiger partial charge in [0.15, 0.2) is 5.13 Å². The topological polar surface area (TPSA) is 107 Å². The summed E-state index contributed by atoms with van der Waals surface area (Å²) in [6.45, 7) is 1.61. The summed E-state index contributed by atoms with van der Waals surface area (Å²) >= 11 is 7.69. The van der Waals surface area contributed by atoms with Gasteiger partial charge in [-0.3, -0.25) is 0 Å². The molecule has 38 heavy (non-hydrogen) atoms. The van der Waals surface area contributed by atoms with Crippen molar-refractivity contribution in [1.29, 1.82) is 0 Å². The molecule has 0 aliphatic rings. The van der Waals surface area contributed by atoms with E-state index >= 15 is 0 Å². The molecule has 200 valence electrons. The van der Waals surface area contributed by atoms with Crippen molar-refractivity contribution in [1.82, 2.24) is 4.98 Å². The fourth-order valence-electron chi connectivity index (χ4n) is 3.87. The van der Waals surface area contributed by atoms with Crippen LogP contribution >= 0.6 is 22.9 Å². The lowest BCUT2D eigenvalue weighted by molar-refractivity contribution is 0.391. The first kappa shape index (κ1) is 27.6. The number of sulfonamides is 1. The molecule has 0 saturated heterocycles. The van der Waals surface area contributed by atoms with Gasteiger partial charge < -0.3 is 20.5 Å². The summed E-state index contributed by atoms with van der Waals surface area (Å²) in [5.74, 6) is 0.582. The highest BCUT2D eigenvalue weighted by molar-refractivity contribution is 7.93. The number of thiazole rings is 1. The third-order valence-corrected chi connectivity index (χ3v) is 8.93. The number of methoxy groups -OCH3 is 2. The summed E-state index contributed by atoms with van der Waals surface area (Å²) in [5.41, 5.74) is 7.81. The van der Waals surface area contributed by atoms with Crippen LogP contribution in [0, 0.1) is 12.7 Å². The average molecular weight is 577 g/mol. The molecule has 1 atom stereocenters. The van der Waals surface area contributed by atoms with Gasteiger partial charge >= 0.3 is 0 Å². The second kappa shape index (κ2) is 11.6. The molecule has 0 aliphatic heterocycles. The van der Waals surface area contributed by atoms with Crippen LogP contribution in [0.1, 0.15) is 22.9 Å². The van der Waals surface area contributed by atoms with Gasteiger partial charge in [-0.15, -0.1) is 11.3 Å². The molecule has 4 aromatic rings. The molecule has 0 bridgehead atoms. The summed E-state index contributed by atoms with van der Waals surface area (Å²) in [4.78, 5) is 4.24. The Bertz CT molecular complexity index is 1530. The Kier molecular flexibility index (Phi) is 8.41. The fraction of sp³-hybridized carbons (Fsp3) is 0.192. The van der Waals surface area contributed by atoms with Crippen LogP contribution < -0.4 is 24.8 Å². The number of ether oxygens (including phenoxy) is 2. The second-order valence-electron chi connectivity index (χ2n) is 8.25. The van der Waals surface area contributed by atoms with Crippen LogP contribution in [0.3, 0.4) is 0 Å². The highest BCUT2D eigenvalue weighted by atomic mass is 35.5. The van der Waals surface area contributed by atoms with Crippen molar-refractivity contribution < 1.29 is 22.3 Å². The summed E-state index contributed by atoms with van der Waals surface area (Å²) in [7, 11) is -1.09. The molecule has 8 nitrogen and oxygen atoms in total. The van der Waals surface area contributed by atoms with E-state index in [-0.39, 0.29) is 27.2 Å². The van der Waals surface area contributed by atoms with E-state index in [9.17, 15) is 12.8 Å². The minimum absolute atomic E-state index is 0.00445. The number of aromatic nitrogens is 1.